The highest BCUT2D eigenvalue weighted by atomic mass is 35.5. The van der Waals surface area contributed by atoms with E-state index < -0.39 is 5.54 Å². The first-order valence-corrected chi connectivity index (χ1v) is 6.71. The van der Waals surface area contributed by atoms with Gasteiger partial charge in [0.25, 0.3) is 0 Å². The van der Waals surface area contributed by atoms with Gasteiger partial charge in [-0.1, -0.05) is 6.07 Å². The number of imidazole rings is 1. The summed E-state index contributed by atoms with van der Waals surface area (Å²) in [5.41, 5.74) is 7.92. The van der Waals surface area contributed by atoms with Crippen molar-refractivity contribution in [2.45, 2.75) is 38.6 Å². The van der Waals surface area contributed by atoms with Gasteiger partial charge in [0, 0.05) is 12.0 Å². The number of nitrogens with zero attached hydrogens (tertiary/aromatic N) is 2. The molecule has 0 saturated heterocycles. The van der Waals surface area contributed by atoms with Gasteiger partial charge in [-0.25, -0.2) is 4.98 Å². The van der Waals surface area contributed by atoms with E-state index in [1.54, 1.807) is 0 Å². The third kappa shape index (κ3) is 2.59. The Morgan fingerprint density at radius 1 is 1.47 bits per heavy atom. The first-order valence-electron chi connectivity index (χ1n) is 6.18. The van der Waals surface area contributed by atoms with Gasteiger partial charge in [0.1, 0.15) is 5.82 Å². The Hall–Kier alpha value is -1.55. The number of benzene rings is 1. The third-order valence-electron chi connectivity index (χ3n) is 3.21. The van der Waals surface area contributed by atoms with E-state index >= 15 is 0 Å². The van der Waals surface area contributed by atoms with Crippen molar-refractivity contribution in [1.82, 2.24) is 9.55 Å². The molecule has 0 unspecified atom stereocenters. The second-order valence-electron chi connectivity index (χ2n) is 5.44. The molecule has 0 atom stereocenters. The lowest BCUT2D eigenvalue weighted by Gasteiger charge is -2.28. The molecule has 1 amide bonds. The van der Waals surface area contributed by atoms with Crippen LogP contribution in [0.1, 0.15) is 31.7 Å². The maximum Gasteiger partial charge on any atom is 0.219 e. The summed E-state index contributed by atoms with van der Waals surface area (Å²) in [7, 11) is 0. The minimum atomic E-state index is -0.446. The first kappa shape index (κ1) is 13.9. The SMILES string of the molecule is Cc1ccc2nc(CCl)n(C(C)(C)CC(N)=O)c2c1. The van der Waals surface area contributed by atoms with Crippen LogP contribution in [0.2, 0.25) is 0 Å². The molecule has 5 heteroatoms. The highest BCUT2D eigenvalue weighted by molar-refractivity contribution is 6.16. The molecule has 2 rings (SSSR count). The number of amides is 1. The zero-order valence-electron chi connectivity index (χ0n) is 11.4. The third-order valence-corrected chi connectivity index (χ3v) is 3.45. The Morgan fingerprint density at radius 3 is 2.74 bits per heavy atom. The molecule has 0 aliphatic rings. The number of alkyl halides is 1. The van der Waals surface area contributed by atoms with Gasteiger partial charge in [-0.15, -0.1) is 11.6 Å². The molecule has 1 aromatic carbocycles. The molecule has 2 aromatic rings. The fraction of sp³-hybridized carbons (Fsp3) is 0.429. The Balaban J connectivity index is 2.68. The van der Waals surface area contributed by atoms with Gasteiger partial charge in [-0.3, -0.25) is 4.79 Å². The number of aryl methyl sites for hydroxylation is 1. The van der Waals surface area contributed by atoms with Crippen LogP contribution in [-0.4, -0.2) is 15.5 Å². The summed E-state index contributed by atoms with van der Waals surface area (Å²) in [6, 6.07) is 6.04. The van der Waals surface area contributed by atoms with Crippen molar-refractivity contribution < 1.29 is 4.79 Å². The van der Waals surface area contributed by atoms with E-state index in [-0.39, 0.29) is 12.3 Å². The van der Waals surface area contributed by atoms with E-state index in [0.717, 1.165) is 22.4 Å². The summed E-state index contributed by atoms with van der Waals surface area (Å²) in [5, 5.41) is 0. The van der Waals surface area contributed by atoms with Crippen molar-refractivity contribution in [3.8, 4) is 0 Å². The largest absolute Gasteiger partial charge is 0.370 e. The smallest absolute Gasteiger partial charge is 0.219 e. The van der Waals surface area contributed by atoms with Crippen molar-refractivity contribution in [2.24, 2.45) is 5.73 Å². The minimum absolute atomic E-state index is 0.246. The fourth-order valence-electron chi connectivity index (χ4n) is 2.51. The highest BCUT2D eigenvalue weighted by Crippen LogP contribution is 2.29. The van der Waals surface area contributed by atoms with Crippen LogP contribution >= 0.6 is 11.6 Å². The summed E-state index contributed by atoms with van der Waals surface area (Å²) >= 11 is 5.99. The Kier molecular flexibility index (Phi) is 3.54. The molecule has 2 N–H and O–H groups in total. The first-order chi connectivity index (χ1) is 8.85. The number of nitrogens with two attached hydrogens (primary N) is 1. The molecule has 1 aromatic heterocycles. The van der Waals surface area contributed by atoms with Crippen molar-refractivity contribution in [1.29, 1.82) is 0 Å². The summed E-state index contributed by atoms with van der Waals surface area (Å²) in [4.78, 5) is 15.8. The van der Waals surface area contributed by atoms with Gasteiger partial charge in [0.2, 0.25) is 5.91 Å². The van der Waals surface area contributed by atoms with Crippen molar-refractivity contribution >= 4 is 28.5 Å². The quantitative estimate of drug-likeness (QED) is 0.875. The number of rotatable bonds is 4. The maximum atomic E-state index is 11.3. The number of carbonyl (C=O) groups excluding carboxylic acids is 1. The van der Waals surface area contributed by atoms with Crippen LogP contribution in [0.4, 0.5) is 0 Å². The summed E-state index contributed by atoms with van der Waals surface area (Å²) in [6.07, 6.45) is 0.246. The second kappa shape index (κ2) is 4.85. The Labute approximate surface area is 117 Å². The lowest BCUT2D eigenvalue weighted by Crippen LogP contribution is -2.33. The number of primary amides is 1. The van der Waals surface area contributed by atoms with Crippen LogP contribution in [0.3, 0.4) is 0 Å². The van der Waals surface area contributed by atoms with E-state index in [4.69, 9.17) is 17.3 Å². The molecule has 0 aliphatic carbocycles. The number of fused-ring (bicyclic) bond motifs is 1. The van der Waals surface area contributed by atoms with Gasteiger partial charge >= 0.3 is 0 Å². The van der Waals surface area contributed by atoms with Gasteiger partial charge < -0.3 is 10.3 Å². The number of hydrogen-bond acceptors (Lipinski definition) is 2. The Morgan fingerprint density at radius 2 is 2.16 bits per heavy atom. The van der Waals surface area contributed by atoms with Crippen molar-refractivity contribution in [2.75, 3.05) is 0 Å². The van der Waals surface area contributed by atoms with E-state index in [2.05, 4.69) is 11.1 Å². The standard InChI is InChI=1S/C14H18ClN3O/c1-9-4-5-10-11(6-9)18(13(8-15)17-10)14(2,3)7-12(16)19/h4-6H,7-8H2,1-3H3,(H2,16,19). The van der Waals surface area contributed by atoms with Crippen LogP contribution in [0, 0.1) is 6.92 Å². The predicted octanol–water partition coefficient (Wildman–Crippen LogP) is 2.69. The molecule has 1 heterocycles. The van der Waals surface area contributed by atoms with Gasteiger partial charge in [0.05, 0.1) is 16.9 Å². The van der Waals surface area contributed by atoms with Gasteiger partial charge in [0.15, 0.2) is 0 Å². The summed E-state index contributed by atoms with van der Waals surface area (Å²) < 4.78 is 2.02. The van der Waals surface area contributed by atoms with Gasteiger partial charge in [-0.2, -0.15) is 0 Å². The zero-order chi connectivity index (χ0) is 14.2. The molecule has 0 saturated carbocycles. The predicted molar refractivity (Wildman–Crippen MR) is 77.2 cm³/mol. The molecule has 0 bridgehead atoms. The lowest BCUT2D eigenvalue weighted by atomic mass is 9.99. The number of carbonyl (C=O) groups is 1. The lowest BCUT2D eigenvalue weighted by molar-refractivity contribution is -0.119. The zero-order valence-corrected chi connectivity index (χ0v) is 12.2. The minimum Gasteiger partial charge on any atom is -0.370 e. The van der Waals surface area contributed by atoms with Crippen LogP contribution in [0.5, 0.6) is 0 Å². The molecule has 0 radical (unpaired) electrons. The average molecular weight is 280 g/mol. The van der Waals surface area contributed by atoms with E-state index in [0.29, 0.717) is 5.88 Å². The highest BCUT2D eigenvalue weighted by Gasteiger charge is 2.27. The normalized spacial score (nSPS) is 12.0. The number of hydrogen-bond donors (Lipinski definition) is 1. The van der Waals surface area contributed by atoms with Crippen molar-refractivity contribution in [3.05, 3.63) is 29.6 Å². The summed E-state index contributed by atoms with van der Waals surface area (Å²) in [5.74, 6) is 0.726. The van der Waals surface area contributed by atoms with Gasteiger partial charge in [-0.05, 0) is 38.5 Å². The molecule has 102 valence electrons. The topological polar surface area (TPSA) is 60.9 Å². The van der Waals surface area contributed by atoms with Crippen LogP contribution < -0.4 is 5.73 Å². The fourth-order valence-corrected chi connectivity index (χ4v) is 2.68. The van der Waals surface area contributed by atoms with Crippen LogP contribution in [0.15, 0.2) is 18.2 Å². The average Bonchev–Trinajstić information content (AvgIpc) is 2.65. The number of halogens is 1. The number of aromatic nitrogens is 2. The van der Waals surface area contributed by atoms with E-state index in [1.807, 2.05) is 37.5 Å². The van der Waals surface area contributed by atoms with E-state index in [9.17, 15) is 4.79 Å². The molecule has 4 nitrogen and oxygen atoms in total. The monoisotopic (exact) mass is 279 g/mol. The molecular formula is C14H18ClN3O. The Bertz CT molecular complexity index is 631. The summed E-state index contributed by atoms with van der Waals surface area (Å²) in [6.45, 7) is 5.97. The molecule has 0 fully saturated rings. The van der Waals surface area contributed by atoms with E-state index in [1.165, 1.54) is 0 Å². The molecular weight excluding hydrogens is 262 g/mol. The maximum absolute atomic E-state index is 11.3. The van der Waals surface area contributed by atoms with Crippen LogP contribution in [-0.2, 0) is 16.2 Å². The molecule has 0 spiro atoms. The van der Waals surface area contributed by atoms with Crippen molar-refractivity contribution in [3.63, 3.8) is 0 Å². The second-order valence-corrected chi connectivity index (χ2v) is 5.71. The molecule has 19 heavy (non-hydrogen) atoms. The molecule has 0 aliphatic heterocycles. The van der Waals surface area contributed by atoms with Crippen LogP contribution in [0.25, 0.3) is 11.0 Å².